The Bertz CT molecular complexity index is 447. The molecule has 0 aliphatic carbocycles. The zero-order valence-corrected chi connectivity index (χ0v) is 12.0. The lowest BCUT2D eigenvalue weighted by molar-refractivity contribution is 0.0692. The average molecular weight is 277 g/mol. The number of hydrogen-bond acceptors (Lipinski definition) is 3. The standard InChI is InChI=1S/C16H23NO3/c1-13-7-4-5-10-17(13)11-6-12-20-15-9-3-2-8-14(15)16(18)19/h2-3,8-9,13H,4-7,10-12H2,1H3,(H,18,19)/t13-/m0/s1. The SMILES string of the molecule is C[C@H]1CCCCN1CCCOc1ccccc1C(=O)O. The van der Waals surface area contributed by atoms with Crippen LogP contribution in [0, 0.1) is 0 Å². The van der Waals surface area contributed by atoms with Gasteiger partial charge in [-0.1, -0.05) is 18.6 Å². The minimum absolute atomic E-state index is 0.235. The first-order chi connectivity index (χ1) is 9.68. The van der Waals surface area contributed by atoms with Crippen LogP contribution in [0.5, 0.6) is 5.75 Å². The zero-order chi connectivity index (χ0) is 14.4. The van der Waals surface area contributed by atoms with Crippen molar-refractivity contribution in [3.8, 4) is 5.75 Å². The maximum Gasteiger partial charge on any atom is 0.339 e. The van der Waals surface area contributed by atoms with Crippen LogP contribution in [0.25, 0.3) is 0 Å². The molecule has 0 saturated carbocycles. The number of likely N-dealkylation sites (tertiary alicyclic amines) is 1. The van der Waals surface area contributed by atoms with E-state index in [0.29, 0.717) is 18.4 Å². The number of piperidine rings is 1. The molecule has 0 radical (unpaired) electrons. The smallest absolute Gasteiger partial charge is 0.339 e. The summed E-state index contributed by atoms with van der Waals surface area (Å²) in [5, 5.41) is 9.07. The van der Waals surface area contributed by atoms with Crippen LogP contribution < -0.4 is 4.74 Å². The van der Waals surface area contributed by atoms with Gasteiger partial charge in [0.2, 0.25) is 0 Å². The highest BCUT2D eigenvalue weighted by atomic mass is 16.5. The maximum atomic E-state index is 11.1. The van der Waals surface area contributed by atoms with Crippen LogP contribution in [0.4, 0.5) is 0 Å². The first-order valence-electron chi connectivity index (χ1n) is 7.37. The summed E-state index contributed by atoms with van der Waals surface area (Å²) in [4.78, 5) is 13.6. The van der Waals surface area contributed by atoms with Crippen LogP contribution in [0.1, 0.15) is 43.0 Å². The molecular formula is C16H23NO3. The minimum Gasteiger partial charge on any atom is -0.493 e. The van der Waals surface area contributed by atoms with E-state index in [4.69, 9.17) is 9.84 Å². The van der Waals surface area contributed by atoms with Gasteiger partial charge < -0.3 is 14.7 Å². The van der Waals surface area contributed by atoms with Gasteiger partial charge in [0.25, 0.3) is 0 Å². The van der Waals surface area contributed by atoms with E-state index in [0.717, 1.165) is 13.0 Å². The molecule has 2 rings (SSSR count). The molecule has 0 amide bonds. The highest BCUT2D eigenvalue weighted by Gasteiger charge is 2.17. The summed E-state index contributed by atoms with van der Waals surface area (Å²) in [5.74, 6) is -0.475. The molecule has 1 heterocycles. The van der Waals surface area contributed by atoms with Crippen molar-refractivity contribution in [2.75, 3.05) is 19.7 Å². The van der Waals surface area contributed by atoms with E-state index < -0.39 is 5.97 Å². The van der Waals surface area contributed by atoms with Gasteiger partial charge in [-0.25, -0.2) is 4.79 Å². The largest absolute Gasteiger partial charge is 0.493 e. The van der Waals surface area contributed by atoms with E-state index in [-0.39, 0.29) is 5.56 Å². The monoisotopic (exact) mass is 277 g/mol. The van der Waals surface area contributed by atoms with Gasteiger partial charge in [-0.05, 0) is 44.9 Å². The second kappa shape index (κ2) is 7.29. The first kappa shape index (κ1) is 14.9. The molecule has 0 bridgehead atoms. The Morgan fingerprint density at radius 1 is 1.40 bits per heavy atom. The van der Waals surface area contributed by atoms with Crippen LogP contribution in [-0.4, -0.2) is 41.7 Å². The Morgan fingerprint density at radius 2 is 2.20 bits per heavy atom. The second-order valence-electron chi connectivity index (χ2n) is 5.38. The molecule has 0 spiro atoms. The molecule has 1 atom stereocenters. The van der Waals surface area contributed by atoms with E-state index in [1.807, 2.05) is 0 Å². The van der Waals surface area contributed by atoms with Crippen molar-refractivity contribution in [3.05, 3.63) is 29.8 Å². The number of carbonyl (C=O) groups is 1. The van der Waals surface area contributed by atoms with Crippen LogP contribution in [0.3, 0.4) is 0 Å². The average Bonchev–Trinajstić information content (AvgIpc) is 2.45. The minimum atomic E-state index is -0.940. The Labute approximate surface area is 120 Å². The van der Waals surface area contributed by atoms with Gasteiger partial charge in [-0.15, -0.1) is 0 Å². The van der Waals surface area contributed by atoms with Gasteiger partial charge in [0, 0.05) is 12.6 Å². The fraction of sp³-hybridized carbons (Fsp3) is 0.562. The molecule has 4 heteroatoms. The van der Waals surface area contributed by atoms with Crippen molar-refractivity contribution < 1.29 is 14.6 Å². The second-order valence-corrected chi connectivity index (χ2v) is 5.38. The van der Waals surface area contributed by atoms with Gasteiger partial charge in [0.1, 0.15) is 11.3 Å². The van der Waals surface area contributed by atoms with Gasteiger partial charge in [0.15, 0.2) is 0 Å². The molecular weight excluding hydrogens is 254 g/mol. The number of nitrogens with zero attached hydrogens (tertiary/aromatic N) is 1. The number of carboxylic acids is 1. The Hall–Kier alpha value is -1.55. The van der Waals surface area contributed by atoms with E-state index in [2.05, 4.69) is 11.8 Å². The van der Waals surface area contributed by atoms with Crippen molar-refractivity contribution in [3.63, 3.8) is 0 Å². The van der Waals surface area contributed by atoms with E-state index in [1.54, 1.807) is 24.3 Å². The van der Waals surface area contributed by atoms with Crippen LogP contribution in [-0.2, 0) is 0 Å². The molecule has 1 aromatic carbocycles. The molecule has 1 aliphatic heterocycles. The normalized spacial score (nSPS) is 19.8. The summed E-state index contributed by atoms with van der Waals surface area (Å²) in [6, 6.07) is 7.47. The Balaban J connectivity index is 1.77. The van der Waals surface area contributed by atoms with Crippen molar-refractivity contribution >= 4 is 5.97 Å². The summed E-state index contributed by atoms with van der Waals surface area (Å²) in [6.45, 7) is 5.04. The highest BCUT2D eigenvalue weighted by Crippen LogP contribution is 2.19. The molecule has 1 aliphatic rings. The molecule has 0 unspecified atom stereocenters. The third kappa shape index (κ3) is 3.97. The Morgan fingerprint density at radius 3 is 2.95 bits per heavy atom. The maximum absolute atomic E-state index is 11.1. The van der Waals surface area contributed by atoms with Gasteiger partial charge in [-0.3, -0.25) is 0 Å². The fourth-order valence-corrected chi connectivity index (χ4v) is 2.71. The fourth-order valence-electron chi connectivity index (χ4n) is 2.71. The number of benzene rings is 1. The molecule has 1 aromatic rings. The topological polar surface area (TPSA) is 49.8 Å². The van der Waals surface area contributed by atoms with Crippen molar-refractivity contribution in [2.24, 2.45) is 0 Å². The quantitative estimate of drug-likeness (QED) is 0.812. The number of aromatic carboxylic acids is 1. The predicted octanol–water partition coefficient (Wildman–Crippen LogP) is 3.03. The lowest BCUT2D eigenvalue weighted by atomic mass is 10.0. The number of carboxylic acid groups (broad SMARTS) is 1. The summed E-state index contributed by atoms with van der Waals surface area (Å²) in [7, 11) is 0. The number of ether oxygens (including phenoxy) is 1. The predicted molar refractivity (Wildman–Crippen MR) is 78.4 cm³/mol. The van der Waals surface area contributed by atoms with E-state index in [1.165, 1.54) is 25.8 Å². The third-order valence-electron chi connectivity index (χ3n) is 3.91. The first-order valence-corrected chi connectivity index (χ1v) is 7.37. The summed E-state index contributed by atoms with van der Waals surface area (Å²) >= 11 is 0. The summed E-state index contributed by atoms with van der Waals surface area (Å²) in [6.07, 6.45) is 4.83. The Kier molecular flexibility index (Phi) is 5.41. The van der Waals surface area contributed by atoms with E-state index >= 15 is 0 Å². The lowest BCUT2D eigenvalue weighted by Crippen LogP contribution is -2.38. The number of rotatable bonds is 6. The number of hydrogen-bond donors (Lipinski definition) is 1. The van der Waals surface area contributed by atoms with Gasteiger partial charge in [-0.2, -0.15) is 0 Å². The van der Waals surface area contributed by atoms with Crippen molar-refractivity contribution in [2.45, 2.75) is 38.6 Å². The molecule has 1 N–H and O–H groups in total. The van der Waals surface area contributed by atoms with Crippen LogP contribution in [0.15, 0.2) is 24.3 Å². The van der Waals surface area contributed by atoms with Gasteiger partial charge >= 0.3 is 5.97 Å². The zero-order valence-electron chi connectivity index (χ0n) is 12.0. The molecule has 0 aromatic heterocycles. The molecule has 4 nitrogen and oxygen atoms in total. The van der Waals surface area contributed by atoms with Crippen molar-refractivity contribution in [1.29, 1.82) is 0 Å². The third-order valence-corrected chi connectivity index (χ3v) is 3.91. The lowest BCUT2D eigenvalue weighted by Gasteiger charge is -2.33. The summed E-state index contributed by atoms with van der Waals surface area (Å²) < 4.78 is 5.62. The number of para-hydroxylation sites is 1. The molecule has 1 saturated heterocycles. The molecule has 110 valence electrons. The van der Waals surface area contributed by atoms with Crippen molar-refractivity contribution in [1.82, 2.24) is 4.90 Å². The van der Waals surface area contributed by atoms with Crippen LogP contribution in [0.2, 0.25) is 0 Å². The highest BCUT2D eigenvalue weighted by molar-refractivity contribution is 5.90. The molecule has 1 fully saturated rings. The molecule has 20 heavy (non-hydrogen) atoms. The van der Waals surface area contributed by atoms with Gasteiger partial charge in [0.05, 0.1) is 6.61 Å². The van der Waals surface area contributed by atoms with E-state index in [9.17, 15) is 4.79 Å². The van der Waals surface area contributed by atoms with Crippen LogP contribution >= 0.6 is 0 Å². The summed E-state index contributed by atoms with van der Waals surface area (Å²) in [5.41, 5.74) is 0.235.